The standard InChI is InChI=1S/C13H26.C4H8.2C2H6.C2H4/c1-7-8-13(11(4)5)9-12(6)10(2)3;1-4(2)3;3*1-2/h9-12H,7-8H2,1-6H3;1H2,2-3H3;2*1-2H3;1-2H2. The smallest absolute Gasteiger partial charge is 0.0236 e. The molecule has 0 rings (SSSR count). The highest BCUT2D eigenvalue weighted by Crippen LogP contribution is 2.21. The van der Waals surface area contributed by atoms with Crippen LogP contribution in [0.3, 0.4) is 0 Å². The Bertz CT molecular complexity index is 226. The summed E-state index contributed by atoms with van der Waals surface area (Å²) >= 11 is 0. The van der Waals surface area contributed by atoms with Gasteiger partial charge in [-0.1, -0.05) is 92.9 Å². The van der Waals surface area contributed by atoms with Gasteiger partial charge in [-0.3, -0.25) is 0 Å². The van der Waals surface area contributed by atoms with Gasteiger partial charge in [-0.25, -0.2) is 0 Å². The van der Waals surface area contributed by atoms with Crippen LogP contribution in [0.4, 0.5) is 0 Å². The molecule has 0 fully saturated rings. The van der Waals surface area contributed by atoms with Gasteiger partial charge in [0.05, 0.1) is 0 Å². The Kier molecular flexibility index (Phi) is 42.9. The molecule has 0 amide bonds. The molecule has 1 atom stereocenters. The van der Waals surface area contributed by atoms with E-state index in [0.29, 0.717) is 0 Å². The summed E-state index contributed by atoms with van der Waals surface area (Å²) in [5, 5.41) is 0. The van der Waals surface area contributed by atoms with Crippen molar-refractivity contribution >= 4 is 0 Å². The molecule has 0 heterocycles. The van der Waals surface area contributed by atoms with Crippen molar-refractivity contribution in [3.63, 3.8) is 0 Å². The number of hydrogen-bond donors (Lipinski definition) is 0. The highest BCUT2D eigenvalue weighted by molar-refractivity contribution is 5.06. The van der Waals surface area contributed by atoms with Crippen molar-refractivity contribution in [2.45, 2.75) is 95.9 Å². The molecule has 0 spiro atoms. The summed E-state index contributed by atoms with van der Waals surface area (Å²) in [6, 6.07) is 0. The second kappa shape index (κ2) is 29.3. The van der Waals surface area contributed by atoms with Gasteiger partial charge in [-0.05, 0) is 38.0 Å². The topological polar surface area (TPSA) is 0 Å². The Hall–Kier alpha value is -0.780. The summed E-state index contributed by atoms with van der Waals surface area (Å²) in [7, 11) is 0. The molecule has 23 heavy (non-hydrogen) atoms. The summed E-state index contributed by atoms with van der Waals surface area (Å²) in [6.07, 6.45) is 5.03. The van der Waals surface area contributed by atoms with Gasteiger partial charge >= 0.3 is 0 Å². The molecule has 0 heteroatoms. The van der Waals surface area contributed by atoms with Gasteiger partial charge in [0.1, 0.15) is 0 Å². The SMILES string of the molecule is C=C.C=C(C)C.CC.CC.CCCC(=CC(C)C(C)C)C(C)C. The van der Waals surface area contributed by atoms with E-state index in [-0.39, 0.29) is 0 Å². The van der Waals surface area contributed by atoms with Crippen molar-refractivity contribution in [3.05, 3.63) is 37.0 Å². The molecule has 0 N–H and O–H groups in total. The van der Waals surface area contributed by atoms with Gasteiger partial charge in [0, 0.05) is 0 Å². The quantitative estimate of drug-likeness (QED) is 0.442. The van der Waals surface area contributed by atoms with Gasteiger partial charge in [0.15, 0.2) is 0 Å². The van der Waals surface area contributed by atoms with E-state index in [1.807, 2.05) is 41.5 Å². The van der Waals surface area contributed by atoms with Crippen LogP contribution in [0.15, 0.2) is 37.0 Å². The van der Waals surface area contributed by atoms with Gasteiger partial charge in [-0.15, -0.1) is 19.7 Å². The van der Waals surface area contributed by atoms with Crippen LogP contribution in [0.2, 0.25) is 0 Å². The van der Waals surface area contributed by atoms with E-state index in [1.54, 1.807) is 5.57 Å². The molecule has 0 saturated carbocycles. The van der Waals surface area contributed by atoms with Crippen LogP contribution in [0.25, 0.3) is 0 Å². The first-order valence-electron chi connectivity index (χ1n) is 9.54. The van der Waals surface area contributed by atoms with E-state index < -0.39 is 0 Å². The number of hydrogen-bond acceptors (Lipinski definition) is 0. The van der Waals surface area contributed by atoms with Gasteiger partial charge < -0.3 is 0 Å². The fraction of sp³-hybridized carbons (Fsp3) is 0.739. The maximum Gasteiger partial charge on any atom is -0.0236 e. The minimum atomic E-state index is 0.723. The van der Waals surface area contributed by atoms with Crippen molar-refractivity contribution < 1.29 is 0 Å². The number of allylic oxidation sites excluding steroid dienone is 3. The van der Waals surface area contributed by atoms with E-state index in [4.69, 9.17) is 0 Å². The fourth-order valence-electron chi connectivity index (χ4n) is 1.38. The first-order chi connectivity index (χ1) is 10.7. The molecule has 0 aromatic heterocycles. The third-order valence-electron chi connectivity index (χ3n) is 2.81. The normalized spacial score (nSPS) is 10.6. The third-order valence-corrected chi connectivity index (χ3v) is 2.81. The van der Waals surface area contributed by atoms with Crippen molar-refractivity contribution in [1.29, 1.82) is 0 Å². The van der Waals surface area contributed by atoms with E-state index in [2.05, 4.69) is 67.4 Å². The highest BCUT2D eigenvalue weighted by atomic mass is 14.1. The Morgan fingerprint density at radius 3 is 1.35 bits per heavy atom. The average molecular weight is 327 g/mol. The predicted octanol–water partition coefficient (Wildman–Crippen LogP) is 9.10. The van der Waals surface area contributed by atoms with E-state index in [9.17, 15) is 0 Å². The largest absolute Gasteiger partial charge is 0.106 e. The van der Waals surface area contributed by atoms with Crippen LogP contribution < -0.4 is 0 Å². The molecule has 0 aliphatic rings. The molecule has 0 aromatic rings. The van der Waals surface area contributed by atoms with Crippen molar-refractivity contribution in [3.8, 4) is 0 Å². The second-order valence-electron chi connectivity index (χ2n) is 5.96. The zero-order valence-electron chi connectivity index (χ0n) is 18.8. The first-order valence-corrected chi connectivity index (χ1v) is 9.54. The second-order valence-corrected chi connectivity index (χ2v) is 5.96. The number of rotatable bonds is 5. The molecular formula is C23H50. The Balaban J connectivity index is -0.0000000900. The van der Waals surface area contributed by atoms with Crippen molar-refractivity contribution in [2.75, 3.05) is 0 Å². The Labute approximate surface area is 151 Å². The lowest BCUT2D eigenvalue weighted by atomic mass is 9.90. The third kappa shape index (κ3) is 38.8. The molecular weight excluding hydrogens is 276 g/mol. The van der Waals surface area contributed by atoms with Crippen LogP contribution in [-0.4, -0.2) is 0 Å². The summed E-state index contributed by atoms with van der Waals surface area (Å²) in [4.78, 5) is 0. The van der Waals surface area contributed by atoms with Crippen LogP contribution in [-0.2, 0) is 0 Å². The molecule has 0 nitrogen and oxygen atoms in total. The highest BCUT2D eigenvalue weighted by Gasteiger charge is 2.07. The van der Waals surface area contributed by atoms with Gasteiger partial charge in [0.25, 0.3) is 0 Å². The van der Waals surface area contributed by atoms with Crippen molar-refractivity contribution in [1.82, 2.24) is 0 Å². The van der Waals surface area contributed by atoms with Crippen LogP contribution in [0.5, 0.6) is 0 Å². The molecule has 0 aliphatic heterocycles. The molecule has 0 aliphatic carbocycles. The molecule has 0 saturated heterocycles. The molecule has 0 aromatic carbocycles. The minimum Gasteiger partial charge on any atom is -0.106 e. The first kappa shape index (κ1) is 33.7. The van der Waals surface area contributed by atoms with Gasteiger partial charge in [-0.2, -0.15) is 0 Å². The van der Waals surface area contributed by atoms with E-state index in [0.717, 1.165) is 17.8 Å². The average Bonchev–Trinajstić information content (AvgIpc) is 2.52. The summed E-state index contributed by atoms with van der Waals surface area (Å²) in [5.41, 5.74) is 2.81. The Morgan fingerprint density at radius 1 is 0.870 bits per heavy atom. The maximum atomic E-state index is 3.56. The molecule has 1 unspecified atom stereocenters. The molecule has 0 radical (unpaired) electrons. The summed E-state index contributed by atoms with van der Waals surface area (Å²) < 4.78 is 0. The van der Waals surface area contributed by atoms with Gasteiger partial charge in [0.2, 0.25) is 0 Å². The fourth-order valence-corrected chi connectivity index (χ4v) is 1.38. The van der Waals surface area contributed by atoms with E-state index in [1.165, 1.54) is 18.4 Å². The predicted molar refractivity (Wildman–Crippen MR) is 116 cm³/mol. The maximum absolute atomic E-state index is 3.56. The summed E-state index contributed by atoms with van der Waals surface area (Å²) in [6.45, 7) is 35.3. The minimum absolute atomic E-state index is 0.723. The molecule has 142 valence electrons. The zero-order valence-corrected chi connectivity index (χ0v) is 18.8. The monoisotopic (exact) mass is 326 g/mol. The zero-order chi connectivity index (χ0) is 20.0. The van der Waals surface area contributed by atoms with Crippen LogP contribution in [0.1, 0.15) is 95.9 Å². The van der Waals surface area contributed by atoms with E-state index >= 15 is 0 Å². The lowest BCUT2D eigenvalue weighted by Gasteiger charge is -2.16. The van der Waals surface area contributed by atoms with Crippen LogP contribution in [0, 0.1) is 17.8 Å². The van der Waals surface area contributed by atoms with Crippen LogP contribution >= 0.6 is 0 Å². The lowest BCUT2D eigenvalue weighted by Crippen LogP contribution is -2.04. The Morgan fingerprint density at radius 2 is 1.17 bits per heavy atom. The molecule has 0 bridgehead atoms. The lowest BCUT2D eigenvalue weighted by molar-refractivity contribution is 0.494. The van der Waals surface area contributed by atoms with Crippen molar-refractivity contribution in [2.24, 2.45) is 17.8 Å². The summed E-state index contributed by atoms with van der Waals surface area (Å²) in [5.74, 6) is 2.22.